The quantitative estimate of drug-likeness (QED) is 0.639. The van der Waals surface area contributed by atoms with E-state index in [2.05, 4.69) is 0 Å². The minimum absolute atomic E-state index is 0.0160. The topological polar surface area (TPSA) is 59.7 Å². The summed E-state index contributed by atoms with van der Waals surface area (Å²) in [5.41, 5.74) is 0.892. The fourth-order valence-electron chi connectivity index (χ4n) is 3.16. The second-order valence-corrected chi connectivity index (χ2v) is 6.36. The van der Waals surface area contributed by atoms with E-state index < -0.39 is 5.60 Å². The SMILES string of the molecule is CC1c2c(cc3oc4ccccc4c(=O)c3c2O)OC1(C)C. The van der Waals surface area contributed by atoms with Crippen molar-refractivity contribution < 1.29 is 14.3 Å². The van der Waals surface area contributed by atoms with Crippen LogP contribution in [0.1, 0.15) is 32.3 Å². The maximum Gasteiger partial charge on any atom is 0.204 e. The normalized spacial score (nSPS) is 19.3. The van der Waals surface area contributed by atoms with Crippen molar-refractivity contribution in [3.63, 3.8) is 0 Å². The van der Waals surface area contributed by atoms with Gasteiger partial charge in [-0.3, -0.25) is 4.79 Å². The van der Waals surface area contributed by atoms with Crippen molar-refractivity contribution in [1.82, 2.24) is 0 Å². The minimum atomic E-state index is -0.431. The molecule has 1 unspecified atom stereocenters. The molecule has 112 valence electrons. The van der Waals surface area contributed by atoms with Gasteiger partial charge in [0.25, 0.3) is 0 Å². The van der Waals surface area contributed by atoms with E-state index >= 15 is 0 Å². The molecule has 0 aliphatic carbocycles. The average Bonchev–Trinajstić information content (AvgIpc) is 2.69. The van der Waals surface area contributed by atoms with Crippen molar-refractivity contribution in [2.75, 3.05) is 0 Å². The molecule has 22 heavy (non-hydrogen) atoms. The molecule has 2 aromatic carbocycles. The highest BCUT2D eigenvalue weighted by atomic mass is 16.5. The van der Waals surface area contributed by atoms with Crippen LogP contribution in [-0.4, -0.2) is 10.7 Å². The van der Waals surface area contributed by atoms with Crippen molar-refractivity contribution in [3.05, 3.63) is 46.1 Å². The highest BCUT2D eigenvalue weighted by Crippen LogP contribution is 2.50. The van der Waals surface area contributed by atoms with Crippen LogP contribution in [0.25, 0.3) is 21.9 Å². The van der Waals surface area contributed by atoms with Gasteiger partial charge in [-0.2, -0.15) is 0 Å². The first-order valence-electron chi connectivity index (χ1n) is 7.30. The van der Waals surface area contributed by atoms with Crippen molar-refractivity contribution >= 4 is 21.9 Å². The van der Waals surface area contributed by atoms with Crippen LogP contribution < -0.4 is 10.2 Å². The second-order valence-electron chi connectivity index (χ2n) is 6.36. The first-order valence-corrected chi connectivity index (χ1v) is 7.30. The summed E-state index contributed by atoms with van der Waals surface area (Å²) in [7, 11) is 0. The molecule has 0 amide bonds. The third-order valence-electron chi connectivity index (χ3n) is 4.69. The number of rotatable bonds is 0. The molecular formula is C18H16O4. The van der Waals surface area contributed by atoms with Crippen molar-refractivity contribution in [2.45, 2.75) is 32.3 Å². The van der Waals surface area contributed by atoms with Gasteiger partial charge in [-0.25, -0.2) is 0 Å². The van der Waals surface area contributed by atoms with E-state index in [1.165, 1.54) is 0 Å². The molecule has 0 bridgehead atoms. The fourth-order valence-corrected chi connectivity index (χ4v) is 3.16. The van der Waals surface area contributed by atoms with Gasteiger partial charge in [0.05, 0.1) is 5.39 Å². The average molecular weight is 296 g/mol. The predicted octanol–water partition coefficient (Wildman–Crippen LogP) is 3.93. The van der Waals surface area contributed by atoms with Crippen LogP contribution in [0.15, 0.2) is 39.5 Å². The summed E-state index contributed by atoms with van der Waals surface area (Å²) in [6.45, 7) is 5.92. The van der Waals surface area contributed by atoms with Crippen molar-refractivity contribution in [2.24, 2.45) is 0 Å². The summed E-state index contributed by atoms with van der Waals surface area (Å²) in [6, 6.07) is 8.75. The van der Waals surface area contributed by atoms with Gasteiger partial charge < -0.3 is 14.3 Å². The number of phenols is 1. The highest BCUT2D eigenvalue weighted by Gasteiger charge is 2.41. The van der Waals surface area contributed by atoms with Crippen LogP contribution in [0, 0.1) is 0 Å². The van der Waals surface area contributed by atoms with Gasteiger partial charge in [0.2, 0.25) is 5.43 Å². The summed E-state index contributed by atoms with van der Waals surface area (Å²) in [5.74, 6) is 0.545. The molecule has 0 radical (unpaired) electrons. The van der Waals surface area contributed by atoms with Gasteiger partial charge in [0.15, 0.2) is 0 Å². The van der Waals surface area contributed by atoms with Crippen LogP contribution in [0.4, 0.5) is 0 Å². The van der Waals surface area contributed by atoms with Gasteiger partial charge in [-0.15, -0.1) is 0 Å². The Kier molecular flexibility index (Phi) is 2.42. The lowest BCUT2D eigenvalue weighted by Gasteiger charge is -2.22. The number of ether oxygens (including phenoxy) is 1. The Bertz CT molecular complexity index is 982. The number of benzene rings is 2. The van der Waals surface area contributed by atoms with E-state index in [-0.39, 0.29) is 22.5 Å². The Morgan fingerprint density at radius 3 is 2.68 bits per heavy atom. The summed E-state index contributed by atoms with van der Waals surface area (Å²) in [4.78, 5) is 12.7. The first-order chi connectivity index (χ1) is 10.4. The fraction of sp³-hybridized carbons (Fsp3) is 0.278. The molecule has 1 atom stereocenters. The zero-order valence-corrected chi connectivity index (χ0v) is 12.6. The van der Waals surface area contributed by atoms with Gasteiger partial charge in [0.1, 0.15) is 33.7 Å². The minimum Gasteiger partial charge on any atom is -0.507 e. The molecule has 3 aromatic rings. The Hall–Kier alpha value is -2.49. The summed E-state index contributed by atoms with van der Waals surface area (Å²) in [5, 5.41) is 11.4. The van der Waals surface area contributed by atoms with Crippen molar-refractivity contribution in [1.29, 1.82) is 0 Å². The second kappa shape index (κ2) is 4.03. The molecule has 1 aliphatic rings. The molecule has 0 saturated heterocycles. The highest BCUT2D eigenvalue weighted by molar-refractivity contribution is 5.95. The number of aromatic hydroxyl groups is 1. The van der Waals surface area contributed by atoms with E-state index in [0.29, 0.717) is 27.9 Å². The monoisotopic (exact) mass is 296 g/mol. The predicted molar refractivity (Wildman–Crippen MR) is 84.8 cm³/mol. The Labute approximate surface area is 126 Å². The molecule has 4 heteroatoms. The van der Waals surface area contributed by atoms with E-state index in [9.17, 15) is 9.90 Å². The van der Waals surface area contributed by atoms with Gasteiger partial charge in [-0.05, 0) is 26.0 Å². The Balaban J connectivity index is 2.18. The number of hydrogen-bond donors (Lipinski definition) is 1. The number of fused-ring (bicyclic) bond motifs is 3. The maximum atomic E-state index is 12.7. The van der Waals surface area contributed by atoms with Crippen LogP contribution in [0.2, 0.25) is 0 Å². The largest absolute Gasteiger partial charge is 0.507 e. The standard InChI is InChI=1S/C18H16O4/c1-9-14-13(22-18(9,2)3)8-12-15(17(14)20)16(19)10-6-4-5-7-11(10)21-12/h4-9,20H,1-3H3. The van der Waals surface area contributed by atoms with Crippen molar-refractivity contribution in [3.8, 4) is 11.5 Å². The van der Waals surface area contributed by atoms with E-state index in [1.807, 2.05) is 26.8 Å². The summed E-state index contributed by atoms with van der Waals surface area (Å²) < 4.78 is 11.7. The van der Waals surface area contributed by atoms with Gasteiger partial charge in [-0.1, -0.05) is 19.1 Å². The van der Waals surface area contributed by atoms with E-state index in [1.54, 1.807) is 24.3 Å². The molecule has 1 N–H and O–H groups in total. The maximum absolute atomic E-state index is 12.7. The third-order valence-corrected chi connectivity index (χ3v) is 4.69. The number of phenolic OH excluding ortho intramolecular Hbond substituents is 1. The van der Waals surface area contributed by atoms with E-state index in [0.717, 1.165) is 0 Å². The first kappa shape index (κ1) is 13.2. The lowest BCUT2D eigenvalue weighted by atomic mass is 9.87. The lowest BCUT2D eigenvalue weighted by molar-refractivity contribution is 0.115. The zero-order valence-electron chi connectivity index (χ0n) is 12.6. The molecule has 0 spiro atoms. The molecule has 4 nitrogen and oxygen atoms in total. The summed E-state index contributed by atoms with van der Waals surface area (Å²) >= 11 is 0. The van der Waals surface area contributed by atoms with Gasteiger partial charge >= 0.3 is 0 Å². The number of para-hydroxylation sites is 1. The lowest BCUT2D eigenvalue weighted by Crippen LogP contribution is -2.28. The Morgan fingerprint density at radius 1 is 1.18 bits per heavy atom. The van der Waals surface area contributed by atoms with E-state index in [4.69, 9.17) is 9.15 Å². The molecule has 1 aromatic heterocycles. The van der Waals surface area contributed by atoms with Crippen LogP contribution in [0.5, 0.6) is 11.5 Å². The number of hydrogen-bond acceptors (Lipinski definition) is 4. The smallest absolute Gasteiger partial charge is 0.204 e. The molecule has 1 aliphatic heterocycles. The molecule has 0 saturated carbocycles. The Morgan fingerprint density at radius 2 is 1.91 bits per heavy atom. The van der Waals surface area contributed by atoms with Crippen LogP contribution in [-0.2, 0) is 0 Å². The summed E-state index contributed by atoms with van der Waals surface area (Å²) in [6.07, 6.45) is 0. The van der Waals surface area contributed by atoms with Crippen LogP contribution >= 0.6 is 0 Å². The molecular weight excluding hydrogens is 280 g/mol. The molecule has 4 rings (SSSR count). The molecule has 0 fully saturated rings. The van der Waals surface area contributed by atoms with Gasteiger partial charge in [0, 0.05) is 17.5 Å². The zero-order chi connectivity index (χ0) is 15.6. The van der Waals surface area contributed by atoms with Crippen LogP contribution in [0.3, 0.4) is 0 Å². The molecule has 2 heterocycles. The third kappa shape index (κ3) is 1.55.